The van der Waals surface area contributed by atoms with Gasteiger partial charge in [-0.1, -0.05) is 0 Å². The Kier molecular flexibility index (Phi) is 8.43. The van der Waals surface area contributed by atoms with Gasteiger partial charge in [0.15, 0.2) is 0 Å². The summed E-state index contributed by atoms with van der Waals surface area (Å²) in [4.78, 5) is 12.3. The molecule has 0 amide bonds. The van der Waals surface area contributed by atoms with Crippen LogP contribution in [0.1, 0.15) is 0 Å². The summed E-state index contributed by atoms with van der Waals surface area (Å²) < 4.78 is 11.9. The van der Waals surface area contributed by atoms with Crippen molar-refractivity contribution in [3.63, 3.8) is 0 Å². The number of imidazole rings is 1. The van der Waals surface area contributed by atoms with E-state index in [0.29, 0.717) is 5.75 Å². The molecule has 0 aliphatic heterocycles. The minimum absolute atomic E-state index is 0.165. The van der Waals surface area contributed by atoms with Gasteiger partial charge in [0, 0.05) is 0 Å². The molecule has 0 N–H and O–H groups in total. The van der Waals surface area contributed by atoms with Crippen molar-refractivity contribution in [2.75, 3.05) is 0 Å². The molecule has 0 unspecified atom stereocenters. The third-order valence-electron chi connectivity index (χ3n) is 8.81. The molecule has 6 nitrogen and oxygen atoms in total. The van der Waals surface area contributed by atoms with Crippen molar-refractivity contribution in [1.29, 1.82) is 0 Å². The van der Waals surface area contributed by atoms with E-state index in [9.17, 15) is 0 Å². The van der Waals surface area contributed by atoms with Gasteiger partial charge in [-0.2, -0.15) is 0 Å². The molecule has 0 radical (unpaired) electrons. The van der Waals surface area contributed by atoms with E-state index in [2.05, 4.69) is 190 Å². The topological polar surface area (TPSA) is 57.8 Å². The summed E-state index contributed by atoms with van der Waals surface area (Å²) in [6, 6.07) is 53.9. The molecule has 238 valence electrons. The van der Waals surface area contributed by atoms with E-state index in [1.165, 1.54) is 34.8 Å². The van der Waals surface area contributed by atoms with Gasteiger partial charge in [0.2, 0.25) is 0 Å². The number of benzene rings is 6. The third kappa shape index (κ3) is 5.98. The second-order valence-corrected chi connectivity index (χ2v) is 12.8. The van der Waals surface area contributed by atoms with Crippen LogP contribution < -0.4 is 21.1 Å². The molecule has 6 aromatic carbocycles. The first-order valence-corrected chi connectivity index (χ1v) is 17.1. The molecule has 0 saturated heterocycles. The van der Waals surface area contributed by atoms with Crippen molar-refractivity contribution in [3.05, 3.63) is 168 Å². The Morgan fingerprint density at radius 2 is 1.16 bits per heavy atom. The predicted molar refractivity (Wildman–Crippen MR) is 194 cm³/mol. The van der Waals surface area contributed by atoms with E-state index in [1.54, 1.807) is 0 Å². The molecule has 0 spiro atoms. The van der Waals surface area contributed by atoms with Gasteiger partial charge in [0.1, 0.15) is 12.7 Å². The van der Waals surface area contributed by atoms with Crippen LogP contribution in [0.3, 0.4) is 0 Å². The molecule has 2 aromatic heterocycles. The second kappa shape index (κ2) is 13.5. The van der Waals surface area contributed by atoms with E-state index in [4.69, 9.17) is 4.74 Å². The van der Waals surface area contributed by atoms with Gasteiger partial charge in [0.25, 0.3) is 0 Å². The van der Waals surface area contributed by atoms with E-state index >= 15 is 0 Å². The monoisotopic (exact) mass is 814 g/mol. The molecule has 0 aliphatic carbocycles. The summed E-state index contributed by atoms with van der Waals surface area (Å²) in [5.74, 6) is 0.654. The molecule has 0 fully saturated rings. The van der Waals surface area contributed by atoms with Crippen molar-refractivity contribution >= 4 is 34.1 Å². The number of aryl methyl sites for hydroxylation is 1. The van der Waals surface area contributed by atoms with Crippen molar-refractivity contribution in [3.8, 4) is 39.7 Å². The van der Waals surface area contributed by atoms with Crippen LogP contribution in [0.25, 0.3) is 39.0 Å². The fourth-order valence-corrected chi connectivity index (χ4v) is 7.48. The Hall–Kier alpha value is -5.65. The number of aromatic nitrogens is 5. The fourth-order valence-electron chi connectivity index (χ4n) is 6.64. The number of hydrogen-bond donors (Lipinski definition) is 0. The van der Waals surface area contributed by atoms with Crippen molar-refractivity contribution in [1.82, 2.24) is 24.1 Å². The van der Waals surface area contributed by atoms with Crippen LogP contribution in [0.15, 0.2) is 164 Å². The van der Waals surface area contributed by atoms with Gasteiger partial charge in [-0.05, 0) is 0 Å². The summed E-state index contributed by atoms with van der Waals surface area (Å²) in [7, 11) is 2.12. The van der Waals surface area contributed by atoms with E-state index in [1.807, 2.05) is 12.1 Å². The fraction of sp³-hybridized carbons (Fsp3) is 0.0244. The van der Waals surface area contributed by atoms with Gasteiger partial charge >= 0.3 is 280 Å². The molecule has 0 bridgehead atoms. The number of nitrogens with zero attached hydrogens (tertiary/aromatic N) is 5. The van der Waals surface area contributed by atoms with E-state index in [0.717, 1.165) is 37.1 Å². The maximum atomic E-state index is 6.16. The van der Waals surface area contributed by atoms with Gasteiger partial charge < -0.3 is 0 Å². The van der Waals surface area contributed by atoms with E-state index in [-0.39, 0.29) is 12.7 Å². The first kappa shape index (κ1) is 30.7. The van der Waals surface area contributed by atoms with Crippen LogP contribution in [0.5, 0.6) is 11.8 Å². The van der Waals surface area contributed by atoms with Crippen molar-refractivity contribution in [2.24, 2.45) is 7.05 Å². The summed E-state index contributed by atoms with van der Waals surface area (Å²) in [6.45, 7) is -0.165. The molecular formula is C41H30BN5OPt. The first-order valence-electron chi connectivity index (χ1n) is 16.0. The molecule has 0 saturated carbocycles. The standard InChI is InChI=1S/C41H30BN5O.Pt/c1-46-29-47(39-24-9-8-23-38(39)46)34-19-10-17-32(25-34)42(33-18-11-20-35(26-33)48-41-44-27-43-28-45-41)40-36(30-13-4-2-5-14-30)21-12-22-37(40)31-15-6-3-7-16-31;/h2-28H,1H3;. The summed E-state index contributed by atoms with van der Waals surface area (Å²) in [5.41, 5.74) is 11.6. The van der Waals surface area contributed by atoms with Gasteiger partial charge in [0.05, 0.1) is 0 Å². The number of ether oxygens (including phenoxy) is 1. The molecule has 0 atom stereocenters. The molecule has 8 aromatic rings. The van der Waals surface area contributed by atoms with Crippen LogP contribution in [0, 0.1) is 3.80 Å². The molecule has 8 rings (SSSR count). The zero-order chi connectivity index (χ0) is 33.2. The van der Waals surface area contributed by atoms with Crippen LogP contribution in [0.4, 0.5) is 0 Å². The van der Waals surface area contributed by atoms with Gasteiger partial charge in [-0.25, -0.2) is 4.98 Å². The van der Waals surface area contributed by atoms with E-state index < -0.39 is 0 Å². The summed E-state index contributed by atoms with van der Waals surface area (Å²) in [5, 5.41) is 0. The Labute approximate surface area is 295 Å². The van der Waals surface area contributed by atoms with Crippen LogP contribution in [0.2, 0.25) is 0 Å². The summed E-state index contributed by atoms with van der Waals surface area (Å²) >= 11 is 2.43. The van der Waals surface area contributed by atoms with Crippen molar-refractivity contribution in [2.45, 2.75) is 0 Å². The Morgan fingerprint density at radius 1 is 0.592 bits per heavy atom. The zero-order valence-corrected chi connectivity index (χ0v) is 28.9. The number of hydrogen-bond acceptors (Lipinski definition) is 4. The van der Waals surface area contributed by atoms with Gasteiger partial charge in [-0.15, -0.1) is 0 Å². The first-order chi connectivity index (χ1) is 24.2. The number of rotatable bonds is 8. The molecule has 2 heterocycles. The SMILES string of the molecule is Cn1[c](=[Pt])n(-c2cccc(B(c3cccc(Oc4ncncn4)c3)c3c(-c4ccccc4)cccc3-c3ccccc3)c2)c2ccccc21. The quantitative estimate of drug-likeness (QED) is 0.157. The number of para-hydroxylation sites is 2. The average molecular weight is 815 g/mol. The molecule has 8 heteroatoms. The maximum absolute atomic E-state index is 6.16. The normalized spacial score (nSPS) is 11.1. The number of fused-ring (bicyclic) bond motifs is 1. The minimum atomic E-state index is -0.165. The Balaban J connectivity index is 1.40. The van der Waals surface area contributed by atoms with Crippen LogP contribution >= 0.6 is 0 Å². The third-order valence-corrected chi connectivity index (χ3v) is 10.1. The molecular weight excluding hydrogens is 784 g/mol. The second-order valence-electron chi connectivity index (χ2n) is 11.7. The predicted octanol–water partition coefficient (Wildman–Crippen LogP) is 6.88. The molecule has 49 heavy (non-hydrogen) atoms. The zero-order valence-electron chi connectivity index (χ0n) is 26.6. The Morgan fingerprint density at radius 3 is 1.84 bits per heavy atom. The van der Waals surface area contributed by atoms with Crippen LogP contribution in [-0.2, 0) is 26.4 Å². The Bertz CT molecular complexity index is 2410. The van der Waals surface area contributed by atoms with Crippen LogP contribution in [-0.4, -0.2) is 30.8 Å². The van der Waals surface area contributed by atoms with Gasteiger partial charge in [-0.3, -0.25) is 0 Å². The average Bonchev–Trinajstić information content (AvgIpc) is 3.42. The molecule has 0 aliphatic rings. The van der Waals surface area contributed by atoms with Crippen molar-refractivity contribution < 1.29 is 24.1 Å². The summed E-state index contributed by atoms with van der Waals surface area (Å²) in [6.07, 6.45) is 2.88.